The first-order chi connectivity index (χ1) is 14.0. The summed E-state index contributed by atoms with van der Waals surface area (Å²) in [5.74, 6) is -1.22. The van der Waals surface area contributed by atoms with E-state index in [-0.39, 0.29) is 17.7 Å². The monoisotopic (exact) mass is 429 g/mol. The molecule has 4 rings (SSSR count). The Kier molecular flexibility index (Phi) is 5.60. The van der Waals surface area contributed by atoms with E-state index in [9.17, 15) is 14.0 Å². The Balaban J connectivity index is 1.42. The van der Waals surface area contributed by atoms with Crippen LogP contribution >= 0.6 is 22.9 Å². The van der Waals surface area contributed by atoms with E-state index in [4.69, 9.17) is 11.6 Å². The lowest BCUT2D eigenvalue weighted by atomic mass is 10.1. The van der Waals surface area contributed by atoms with E-state index in [0.29, 0.717) is 34.4 Å². The molecule has 0 radical (unpaired) electrons. The van der Waals surface area contributed by atoms with Gasteiger partial charge in [0.05, 0.1) is 11.6 Å². The van der Waals surface area contributed by atoms with Gasteiger partial charge in [-0.1, -0.05) is 29.8 Å². The van der Waals surface area contributed by atoms with Gasteiger partial charge in [-0.25, -0.2) is 9.37 Å². The van der Waals surface area contributed by atoms with Crippen molar-refractivity contribution in [2.24, 2.45) is 0 Å². The highest BCUT2D eigenvalue weighted by Gasteiger charge is 2.32. The summed E-state index contributed by atoms with van der Waals surface area (Å²) in [6.45, 7) is 0.350. The highest BCUT2D eigenvalue weighted by Crippen LogP contribution is 2.38. The number of carbonyl (C=O) groups is 2. The van der Waals surface area contributed by atoms with Crippen LogP contribution in [-0.2, 0) is 17.8 Å². The van der Waals surface area contributed by atoms with Gasteiger partial charge in [-0.05, 0) is 48.7 Å². The first-order valence-corrected chi connectivity index (χ1v) is 10.3. The maximum absolute atomic E-state index is 13.0. The van der Waals surface area contributed by atoms with E-state index in [0.717, 1.165) is 16.9 Å². The average Bonchev–Trinajstić information content (AvgIpc) is 3.27. The number of rotatable bonds is 5. The molecule has 1 aliphatic carbocycles. The average molecular weight is 430 g/mol. The van der Waals surface area contributed by atoms with Crippen LogP contribution in [0.1, 0.15) is 38.8 Å². The fourth-order valence-corrected chi connectivity index (χ4v) is 4.49. The number of hydrogen-bond donors (Lipinski definition) is 2. The zero-order valence-corrected chi connectivity index (χ0v) is 16.8. The normalized spacial score (nSPS) is 15.0. The Morgan fingerprint density at radius 3 is 2.69 bits per heavy atom. The number of fused-ring (bicyclic) bond motifs is 1. The predicted octanol–water partition coefficient (Wildman–Crippen LogP) is 4.53. The van der Waals surface area contributed by atoms with Crippen LogP contribution in [-0.4, -0.2) is 16.8 Å². The molecule has 0 aliphatic heterocycles. The van der Waals surface area contributed by atoms with E-state index in [1.807, 2.05) is 18.2 Å². The van der Waals surface area contributed by atoms with Crippen LogP contribution in [0.2, 0.25) is 5.02 Å². The number of halogens is 2. The molecule has 1 heterocycles. The highest BCUT2D eigenvalue weighted by molar-refractivity contribution is 7.16. The van der Waals surface area contributed by atoms with Crippen molar-refractivity contribution in [1.82, 2.24) is 10.3 Å². The summed E-state index contributed by atoms with van der Waals surface area (Å²) in [4.78, 5) is 30.4. The fraction of sp³-hybridized carbons (Fsp3) is 0.190. The summed E-state index contributed by atoms with van der Waals surface area (Å²) >= 11 is 7.50. The van der Waals surface area contributed by atoms with Crippen molar-refractivity contribution >= 4 is 39.9 Å². The summed E-state index contributed by atoms with van der Waals surface area (Å²) in [7, 11) is 0. The number of thiazole rings is 1. The van der Waals surface area contributed by atoms with E-state index in [2.05, 4.69) is 15.6 Å². The van der Waals surface area contributed by atoms with Crippen molar-refractivity contribution < 1.29 is 14.0 Å². The van der Waals surface area contributed by atoms with E-state index in [1.54, 1.807) is 6.07 Å². The molecule has 0 fully saturated rings. The van der Waals surface area contributed by atoms with Gasteiger partial charge in [0, 0.05) is 22.0 Å². The summed E-state index contributed by atoms with van der Waals surface area (Å²) < 4.78 is 13.0. The van der Waals surface area contributed by atoms with Crippen LogP contribution in [0.5, 0.6) is 0 Å². The van der Waals surface area contributed by atoms with E-state index < -0.39 is 5.82 Å². The van der Waals surface area contributed by atoms with Gasteiger partial charge in [-0.2, -0.15) is 0 Å². The first-order valence-electron chi connectivity index (χ1n) is 9.09. The molecule has 29 heavy (non-hydrogen) atoms. The number of nitrogens with one attached hydrogen (secondary N) is 2. The Hall–Kier alpha value is -2.77. The topological polar surface area (TPSA) is 71.1 Å². The quantitative estimate of drug-likeness (QED) is 0.625. The molecule has 2 N–H and O–H groups in total. The van der Waals surface area contributed by atoms with Gasteiger partial charge in [0.15, 0.2) is 5.13 Å². The highest BCUT2D eigenvalue weighted by atomic mass is 35.5. The van der Waals surface area contributed by atoms with E-state index in [1.165, 1.54) is 35.6 Å². The predicted molar refractivity (Wildman–Crippen MR) is 111 cm³/mol. The smallest absolute Gasteiger partial charge is 0.257 e. The molecule has 1 unspecified atom stereocenters. The third kappa shape index (κ3) is 4.31. The van der Waals surface area contributed by atoms with Crippen LogP contribution in [0.4, 0.5) is 9.52 Å². The second-order valence-corrected chi connectivity index (χ2v) is 8.18. The summed E-state index contributed by atoms with van der Waals surface area (Å²) in [6, 6.07) is 12.7. The molecule has 0 spiro atoms. The zero-order chi connectivity index (χ0) is 20.4. The Labute approximate surface area is 175 Å². The molecule has 0 saturated carbocycles. The van der Waals surface area contributed by atoms with Crippen LogP contribution in [0, 0.1) is 5.82 Å². The number of anilines is 1. The van der Waals surface area contributed by atoms with Crippen LogP contribution in [0.25, 0.3) is 0 Å². The Bertz CT molecular complexity index is 1070. The lowest BCUT2D eigenvalue weighted by Gasteiger charge is -2.11. The fourth-order valence-electron chi connectivity index (χ4n) is 3.25. The molecule has 5 nitrogen and oxygen atoms in total. The minimum atomic E-state index is -0.402. The number of aryl methyl sites for hydroxylation is 1. The molecule has 1 aromatic heterocycles. The molecule has 2 aromatic carbocycles. The number of hydrogen-bond acceptors (Lipinski definition) is 4. The molecule has 1 atom stereocenters. The Morgan fingerprint density at radius 2 is 1.93 bits per heavy atom. The summed E-state index contributed by atoms with van der Waals surface area (Å²) in [6.07, 6.45) is 1.43. The maximum atomic E-state index is 13.0. The van der Waals surface area contributed by atoms with Gasteiger partial charge in [-0.15, -0.1) is 11.3 Å². The molecule has 0 saturated heterocycles. The minimum absolute atomic E-state index is 0.106. The zero-order valence-electron chi connectivity index (χ0n) is 15.2. The molecule has 8 heteroatoms. The first kappa shape index (κ1) is 19.5. The SMILES string of the molecule is O=C(Nc1nc2c(s1)CCC2C(=O)NCc1ccccc1Cl)c1ccc(F)cc1. The van der Waals surface area contributed by atoms with Crippen molar-refractivity contribution in [2.45, 2.75) is 25.3 Å². The molecule has 1 aliphatic rings. The van der Waals surface area contributed by atoms with Gasteiger partial charge >= 0.3 is 0 Å². The second-order valence-electron chi connectivity index (χ2n) is 6.69. The van der Waals surface area contributed by atoms with E-state index >= 15 is 0 Å². The number of aromatic nitrogens is 1. The van der Waals surface area contributed by atoms with Crippen LogP contribution in [0.3, 0.4) is 0 Å². The molecular weight excluding hydrogens is 413 g/mol. The van der Waals surface area contributed by atoms with Gasteiger partial charge in [0.1, 0.15) is 5.82 Å². The van der Waals surface area contributed by atoms with Crippen molar-refractivity contribution in [1.29, 1.82) is 0 Å². The van der Waals surface area contributed by atoms with Crippen molar-refractivity contribution in [3.63, 3.8) is 0 Å². The van der Waals surface area contributed by atoms with Gasteiger partial charge in [-0.3, -0.25) is 14.9 Å². The number of nitrogens with zero attached hydrogens (tertiary/aromatic N) is 1. The molecule has 3 aromatic rings. The van der Waals surface area contributed by atoms with Gasteiger partial charge < -0.3 is 5.32 Å². The van der Waals surface area contributed by atoms with Gasteiger partial charge in [0.2, 0.25) is 5.91 Å². The molecule has 2 amide bonds. The van der Waals surface area contributed by atoms with Crippen molar-refractivity contribution in [3.8, 4) is 0 Å². The van der Waals surface area contributed by atoms with Crippen LogP contribution < -0.4 is 10.6 Å². The largest absolute Gasteiger partial charge is 0.351 e. The third-order valence-electron chi connectivity index (χ3n) is 4.77. The third-order valence-corrected chi connectivity index (χ3v) is 6.19. The standard InChI is InChI=1S/C21H17ClFN3O2S/c22-16-4-2-1-3-13(16)11-24-20(28)15-9-10-17-18(15)25-21(29-17)26-19(27)12-5-7-14(23)8-6-12/h1-8,15H,9-11H2,(H,24,28)(H,25,26,27). The Morgan fingerprint density at radius 1 is 1.17 bits per heavy atom. The molecular formula is C21H17ClFN3O2S. The summed E-state index contributed by atoms with van der Waals surface area (Å²) in [5.41, 5.74) is 1.91. The number of amides is 2. The molecule has 0 bridgehead atoms. The van der Waals surface area contributed by atoms with Crippen LogP contribution in [0.15, 0.2) is 48.5 Å². The summed E-state index contributed by atoms with van der Waals surface area (Å²) in [5, 5.41) is 6.70. The molecule has 148 valence electrons. The number of carbonyl (C=O) groups excluding carboxylic acids is 2. The van der Waals surface area contributed by atoms with Crippen molar-refractivity contribution in [2.75, 3.05) is 5.32 Å². The maximum Gasteiger partial charge on any atom is 0.257 e. The minimum Gasteiger partial charge on any atom is -0.351 e. The lowest BCUT2D eigenvalue weighted by Crippen LogP contribution is -2.28. The van der Waals surface area contributed by atoms with Gasteiger partial charge in [0.25, 0.3) is 5.91 Å². The van der Waals surface area contributed by atoms with Crippen molar-refractivity contribution in [3.05, 3.63) is 81.1 Å². The second kappa shape index (κ2) is 8.31. The lowest BCUT2D eigenvalue weighted by molar-refractivity contribution is -0.122. The number of benzene rings is 2.